The number of guanidine groups is 1. The van der Waals surface area contributed by atoms with Gasteiger partial charge in [-0.15, -0.1) is 0 Å². The van der Waals surface area contributed by atoms with Crippen molar-refractivity contribution >= 4 is 5.96 Å². The molecule has 3 N–H and O–H groups in total. The lowest BCUT2D eigenvalue weighted by molar-refractivity contribution is 0.298. The van der Waals surface area contributed by atoms with E-state index >= 15 is 0 Å². The highest BCUT2D eigenvalue weighted by atomic mass is 19.1. The zero-order valence-corrected chi connectivity index (χ0v) is 13.5. The van der Waals surface area contributed by atoms with E-state index in [1.54, 1.807) is 19.4 Å². The highest BCUT2D eigenvalue weighted by Crippen LogP contribution is 2.25. The average molecular weight is 332 g/mol. The Bertz CT molecular complexity index is 695. The molecule has 0 bridgehead atoms. The van der Waals surface area contributed by atoms with Gasteiger partial charge in [-0.2, -0.15) is 5.10 Å². The predicted molar refractivity (Wildman–Crippen MR) is 88.2 cm³/mol. The molecule has 1 fully saturated rings. The number of nitrogens with zero attached hydrogens (tertiary/aromatic N) is 4. The number of likely N-dealkylation sites (tertiary alicyclic amines) is 1. The number of phenols is 1. The third kappa shape index (κ3) is 3.64. The van der Waals surface area contributed by atoms with E-state index in [0.29, 0.717) is 12.5 Å². The average Bonchev–Trinajstić information content (AvgIpc) is 3.14. The van der Waals surface area contributed by atoms with E-state index < -0.39 is 5.82 Å². The highest BCUT2D eigenvalue weighted by Gasteiger charge is 2.24. The number of phenolic OH excluding ortho intramolecular Hbond substituents is 1. The van der Waals surface area contributed by atoms with Gasteiger partial charge in [-0.05, 0) is 30.5 Å². The van der Waals surface area contributed by atoms with Gasteiger partial charge in [-0.1, -0.05) is 6.07 Å². The zero-order valence-electron chi connectivity index (χ0n) is 13.5. The number of nitrogens with one attached hydrogen (secondary N) is 2. The van der Waals surface area contributed by atoms with E-state index in [2.05, 4.69) is 30.4 Å². The number of hydrogen-bond donors (Lipinski definition) is 3. The molecule has 7 nitrogen and oxygen atoms in total. The number of aromatic amines is 1. The molecule has 8 heteroatoms. The molecule has 0 radical (unpaired) electrons. The molecule has 1 aromatic heterocycles. The summed E-state index contributed by atoms with van der Waals surface area (Å²) in [5.74, 6) is 1.18. The van der Waals surface area contributed by atoms with E-state index in [0.717, 1.165) is 43.3 Å². The molecule has 0 aliphatic carbocycles. The highest BCUT2D eigenvalue weighted by molar-refractivity contribution is 5.80. The zero-order chi connectivity index (χ0) is 16.9. The van der Waals surface area contributed by atoms with Crippen LogP contribution in [0.25, 0.3) is 0 Å². The minimum absolute atomic E-state index is 0.336. The maximum atomic E-state index is 13.4. The molecule has 1 aromatic carbocycles. The lowest BCUT2D eigenvalue weighted by Gasteiger charge is -2.33. The quantitative estimate of drug-likeness (QED) is 0.587. The molecule has 1 aliphatic rings. The Morgan fingerprint density at radius 2 is 2.25 bits per heavy atom. The van der Waals surface area contributed by atoms with Gasteiger partial charge in [0, 0.05) is 32.6 Å². The summed E-state index contributed by atoms with van der Waals surface area (Å²) in [5.41, 5.74) is 0.753. The monoisotopic (exact) mass is 332 g/mol. The van der Waals surface area contributed by atoms with Gasteiger partial charge in [-0.3, -0.25) is 10.1 Å². The molecular formula is C16H21FN6O. The van der Waals surface area contributed by atoms with Crippen LogP contribution in [0.1, 0.15) is 30.1 Å². The Morgan fingerprint density at radius 1 is 1.46 bits per heavy atom. The van der Waals surface area contributed by atoms with Gasteiger partial charge >= 0.3 is 0 Å². The first kappa shape index (κ1) is 16.2. The van der Waals surface area contributed by atoms with Crippen molar-refractivity contribution in [1.29, 1.82) is 0 Å². The topological polar surface area (TPSA) is 89.4 Å². The summed E-state index contributed by atoms with van der Waals surface area (Å²) in [6, 6.07) is 4.37. The molecule has 3 rings (SSSR count). The van der Waals surface area contributed by atoms with E-state index in [1.807, 2.05) is 0 Å². The fourth-order valence-electron chi connectivity index (χ4n) is 2.95. The second-order valence-corrected chi connectivity index (χ2v) is 5.82. The summed E-state index contributed by atoms with van der Waals surface area (Å²) in [6.07, 6.45) is 3.49. The minimum atomic E-state index is -0.614. The lowest BCUT2D eigenvalue weighted by atomic mass is 9.96. The van der Waals surface area contributed by atoms with Gasteiger partial charge in [0.1, 0.15) is 12.2 Å². The minimum Gasteiger partial charge on any atom is -0.505 e. The summed E-state index contributed by atoms with van der Waals surface area (Å²) in [5, 5.41) is 19.3. The molecule has 2 aromatic rings. The van der Waals surface area contributed by atoms with E-state index in [-0.39, 0.29) is 5.75 Å². The summed E-state index contributed by atoms with van der Waals surface area (Å²) in [7, 11) is 1.74. The second kappa shape index (κ2) is 7.29. The maximum absolute atomic E-state index is 13.4. The van der Waals surface area contributed by atoms with Crippen molar-refractivity contribution in [2.24, 2.45) is 4.99 Å². The van der Waals surface area contributed by atoms with Crippen molar-refractivity contribution in [3.8, 4) is 5.75 Å². The fraction of sp³-hybridized carbons (Fsp3) is 0.438. The standard InChI is InChI=1S/C16H21FN6O/c1-18-16(19-9-11-2-3-14(24)13(17)8-11)23-6-4-12(5-7-23)15-20-10-21-22-15/h2-3,8,10,12,24H,4-7,9H2,1H3,(H,18,19)(H,20,21,22). The molecule has 0 atom stereocenters. The Hall–Kier alpha value is -2.64. The van der Waals surface area contributed by atoms with Crippen LogP contribution in [-0.2, 0) is 6.54 Å². The van der Waals surface area contributed by atoms with Gasteiger partial charge in [0.05, 0.1) is 0 Å². The van der Waals surface area contributed by atoms with Crippen LogP contribution in [0.3, 0.4) is 0 Å². The van der Waals surface area contributed by atoms with Crippen LogP contribution in [0.15, 0.2) is 29.5 Å². The largest absolute Gasteiger partial charge is 0.505 e. The molecule has 1 saturated heterocycles. The van der Waals surface area contributed by atoms with Crippen molar-refractivity contribution < 1.29 is 9.50 Å². The maximum Gasteiger partial charge on any atom is 0.193 e. The first-order valence-electron chi connectivity index (χ1n) is 7.95. The van der Waals surface area contributed by atoms with Crippen molar-refractivity contribution in [3.05, 3.63) is 41.7 Å². The number of H-pyrrole nitrogens is 1. The smallest absolute Gasteiger partial charge is 0.193 e. The van der Waals surface area contributed by atoms with Crippen molar-refractivity contribution in [2.45, 2.75) is 25.3 Å². The number of aliphatic imine (C=N–C) groups is 1. The number of rotatable bonds is 3. The van der Waals surface area contributed by atoms with E-state index in [1.165, 1.54) is 12.1 Å². The SMILES string of the molecule is CN=C(NCc1ccc(O)c(F)c1)N1CCC(c2ncn[nH]2)CC1. The molecule has 0 saturated carbocycles. The van der Waals surface area contributed by atoms with E-state index in [9.17, 15) is 9.50 Å². The van der Waals surface area contributed by atoms with E-state index in [4.69, 9.17) is 0 Å². The lowest BCUT2D eigenvalue weighted by Crippen LogP contribution is -2.45. The summed E-state index contributed by atoms with van der Waals surface area (Å²) < 4.78 is 13.4. The van der Waals surface area contributed by atoms with Crippen molar-refractivity contribution in [2.75, 3.05) is 20.1 Å². The first-order chi connectivity index (χ1) is 11.7. The number of piperidine rings is 1. The van der Waals surface area contributed by atoms with Gasteiger partial charge in [-0.25, -0.2) is 9.37 Å². The van der Waals surface area contributed by atoms with Gasteiger partial charge < -0.3 is 15.3 Å². The predicted octanol–water partition coefficient (Wildman–Crippen LogP) is 1.60. The van der Waals surface area contributed by atoms with Gasteiger partial charge in [0.2, 0.25) is 0 Å². The Morgan fingerprint density at radius 3 is 2.88 bits per heavy atom. The molecule has 128 valence electrons. The van der Waals surface area contributed by atoms with Crippen LogP contribution >= 0.6 is 0 Å². The number of aromatic nitrogens is 3. The second-order valence-electron chi connectivity index (χ2n) is 5.82. The molecular weight excluding hydrogens is 311 g/mol. The van der Waals surface area contributed by atoms with Crippen LogP contribution in [0.5, 0.6) is 5.75 Å². The summed E-state index contributed by atoms with van der Waals surface area (Å²) >= 11 is 0. The van der Waals surface area contributed by atoms with Crippen LogP contribution in [0.4, 0.5) is 4.39 Å². The third-order valence-corrected chi connectivity index (χ3v) is 4.29. The number of aromatic hydroxyl groups is 1. The van der Waals surface area contributed by atoms with Gasteiger partial charge in [0.25, 0.3) is 0 Å². The van der Waals surface area contributed by atoms with Crippen LogP contribution in [0.2, 0.25) is 0 Å². The summed E-state index contributed by atoms with van der Waals surface area (Å²) in [6.45, 7) is 2.19. The Kier molecular flexibility index (Phi) is 4.93. The van der Waals surface area contributed by atoms with Gasteiger partial charge in [0.15, 0.2) is 17.5 Å². The molecule has 0 unspecified atom stereocenters. The molecule has 2 heterocycles. The first-order valence-corrected chi connectivity index (χ1v) is 7.95. The number of halogens is 1. The molecule has 0 amide bonds. The fourth-order valence-corrected chi connectivity index (χ4v) is 2.95. The Balaban J connectivity index is 1.54. The normalized spacial score (nSPS) is 16.4. The molecule has 1 aliphatic heterocycles. The van der Waals surface area contributed by atoms with Crippen molar-refractivity contribution in [1.82, 2.24) is 25.4 Å². The Labute approximate surface area is 139 Å². The number of benzene rings is 1. The van der Waals surface area contributed by atoms with Crippen LogP contribution in [-0.4, -0.2) is 51.3 Å². The van der Waals surface area contributed by atoms with Crippen LogP contribution < -0.4 is 5.32 Å². The summed E-state index contributed by atoms with van der Waals surface area (Å²) in [4.78, 5) is 10.7. The van der Waals surface area contributed by atoms with Crippen LogP contribution in [0, 0.1) is 5.82 Å². The third-order valence-electron chi connectivity index (χ3n) is 4.29. The van der Waals surface area contributed by atoms with Crippen molar-refractivity contribution in [3.63, 3.8) is 0 Å². The molecule has 0 spiro atoms. The molecule has 24 heavy (non-hydrogen) atoms. The number of hydrogen-bond acceptors (Lipinski definition) is 4.